The van der Waals surface area contributed by atoms with Gasteiger partial charge in [0.1, 0.15) is 0 Å². The Hall–Kier alpha value is -0.540. The van der Waals surface area contributed by atoms with Crippen LogP contribution < -0.4 is 0 Å². The third kappa shape index (κ3) is 2.37. The van der Waals surface area contributed by atoms with Gasteiger partial charge < -0.3 is 0 Å². The molecule has 0 aromatic carbocycles. The predicted octanol–water partition coefficient (Wildman–Crippen LogP) is 2.17. The Kier molecular flexibility index (Phi) is 3.26. The van der Waals surface area contributed by atoms with Gasteiger partial charge >= 0.3 is 0 Å². The van der Waals surface area contributed by atoms with Crippen LogP contribution in [0.5, 0.6) is 0 Å². The average Bonchev–Trinajstić information content (AvgIpc) is 2.41. The summed E-state index contributed by atoms with van der Waals surface area (Å²) >= 11 is 6.29. The van der Waals surface area contributed by atoms with Crippen LogP contribution in [0.1, 0.15) is 4.88 Å². The smallest absolute Gasteiger partial charge is 0.0673 e. The van der Waals surface area contributed by atoms with E-state index < -0.39 is 0 Å². The fraction of sp³-hybridized carbons (Fsp3) is 0.143. The maximum Gasteiger partial charge on any atom is 0.0673 e. The van der Waals surface area contributed by atoms with Crippen molar-refractivity contribution in [3.63, 3.8) is 0 Å². The summed E-state index contributed by atoms with van der Waals surface area (Å²) in [6.07, 6.45) is 1.84. The van der Waals surface area contributed by atoms with Gasteiger partial charge in [-0.25, -0.2) is 0 Å². The zero-order chi connectivity index (χ0) is 7.23. The minimum absolute atomic E-state index is 0.632. The maximum absolute atomic E-state index is 4.61. The molecule has 0 radical (unpaired) electrons. The first-order chi connectivity index (χ1) is 4.93. The third-order valence-electron chi connectivity index (χ3n) is 0.942. The van der Waals surface area contributed by atoms with Crippen molar-refractivity contribution in [1.82, 2.24) is 0 Å². The lowest BCUT2D eigenvalue weighted by Crippen LogP contribution is -1.78. The number of nitrogens with zero attached hydrogens (tertiary/aromatic N) is 1. The summed E-state index contributed by atoms with van der Waals surface area (Å²) in [6, 6.07) is 4.03. The first-order valence-corrected chi connectivity index (χ1v) is 4.25. The molecule has 0 aliphatic carbocycles. The minimum Gasteiger partial charge on any atom is -0.287 e. The molecule has 1 aromatic rings. The lowest BCUT2D eigenvalue weighted by molar-refractivity contribution is 1.36. The average molecular weight is 169 g/mol. The van der Waals surface area contributed by atoms with E-state index in [1.54, 1.807) is 16.7 Å². The topological polar surface area (TPSA) is 12.4 Å². The van der Waals surface area contributed by atoms with E-state index in [0.29, 0.717) is 6.54 Å². The monoisotopic (exact) mass is 169 g/mol. The Balaban J connectivity index is 2.47. The first-order valence-electron chi connectivity index (χ1n) is 2.90. The van der Waals surface area contributed by atoms with Crippen LogP contribution in [0.3, 0.4) is 0 Å². The lowest BCUT2D eigenvalue weighted by atomic mass is 10.5. The second-order valence-electron chi connectivity index (χ2n) is 1.68. The molecular weight excluding hydrogens is 162 g/mol. The molecule has 0 spiro atoms. The molecule has 0 atom stereocenters. The zero-order valence-electron chi connectivity index (χ0n) is 5.36. The van der Waals surface area contributed by atoms with Gasteiger partial charge in [-0.2, -0.15) is 0 Å². The second kappa shape index (κ2) is 4.30. The third-order valence-corrected chi connectivity index (χ3v) is 1.90. The molecule has 0 bridgehead atoms. The molecule has 0 unspecified atom stereocenters. The number of aliphatic imine (C=N–C) groups is 1. The highest BCUT2D eigenvalue weighted by atomic mass is 32.1. The fourth-order valence-corrected chi connectivity index (χ4v) is 1.24. The summed E-state index contributed by atoms with van der Waals surface area (Å²) in [5, 5.41) is 3.64. The lowest BCUT2D eigenvalue weighted by Gasteiger charge is -1.79. The van der Waals surface area contributed by atoms with E-state index in [9.17, 15) is 0 Å². The van der Waals surface area contributed by atoms with E-state index in [2.05, 4.69) is 17.2 Å². The molecule has 1 aromatic heterocycles. The summed E-state index contributed by atoms with van der Waals surface area (Å²) in [7, 11) is 0. The van der Waals surface area contributed by atoms with Crippen molar-refractivity contribution in [2.75, 3.05) is 6.54 Å². The molecule has 0 fully saturated rings. The van der Waals surface area contributed by atoms with Gasteiger partial charge in [0.2, 0.25) is 0 Å². The Morgan fingerprint density at radius 3 is 3.20 bits per heavy atom. The maximum atomic E-state index is 4.61. The Labute approximate surface area is 69.4 Å². The SMILES string of the molecule is S=CCN=Cc1cccs1. The molecule has 0 aliphatic rings. The van der Waals surface area contributed by atoms with Crippen LogP contribution in [0, 0.1) is 0 Å². The van der Waals surface area contributed by atoms with Crippen molar-refractivity contribution in [3.05, 3.63) is 22.4 Å². The molecule has 52 valence electrons. The summed E-state index contributed by atoms with van der Waals surface area (Å²) < 4.78 is 0. The number of hydrogen-bond donors (Lipinski definition) is 0. The molecule has 1 heterocycles. The van der Waals surface area contributed by atoms with E-state index in [-0.39, 0.29) is 0 Å². The minimum atomic E-state index is 0.632. The summed E-state index contributed by atoms with van der Waals surface area (Å²) in [6.45, 7) is 0.632. The van der Waals surface area contributed by atoms with Gasteiger partial charge in [-0.15, -0.1) is 11.3 Å². The van der Waals surface area contributed by atoms with Crippen LogP contribution in [0.25, 0.3) is 0 Å². The number of rotatable bonds is 3. The van der Waals surface area contributed by atoms with Gasteiger partial charge in [-0.05, 0) is 11.4 Å². The van der Waals surface area contributed by atoms with Gasteiger partial charge in [0.25, 0.3) is 0 Å². The van der Waals surface area contributed by atoms with Crippen molar-refractivity contribution in [3.8, 4) is 0 Å². The summed E-state index contributed by atoms with van der Waals surface area (Å²) in [4.78, 5) is 5.24. The van der Waals surface area contributed by atoms with E-state index in [0.717, 1.165) is 0 Å². The molecule has 0 amide bonds. The normalized spacial score (nSPS) is 10.4. The van der Waals surface area contributed by atoms with Gasteiger partial charge in [-0.3, -0.25) is 4.99 Å². The Morgan fingerprint density at radius 2 is 2.60 bits per heavy atom. The van der Waals surface area contributed by atoms with Crippen molar-refractivity contribution in [1.29, 1.82) is 0 Å². The molecule has 0 saturated carbocycles. The predicted molar refractivity (Wildman–Crippen MR) is 50.4 cm³/mol. The number of thiocarbonyl (C=S) groups is 1. The molecule has 0 N–H and O–H groups in total. The zero-order valence-corrected chi connectivity index (χ0v) is 6.99. The van der Waals surface area contributed by atoms with Crippen LogP contribution in [-0.2, 0) is 0 Å². The van der Waals surface area contributed by atoms with Gasteiger partial charge in [0, 0.05) is 16.5 Å². The number of hydrogen-bond acceptors (Lipinski definition) is 3. The first kappa shape index (κ1) is 7.57. The van der Waals surface area contributed by atoms with Crippen LogP contribution >= 0.6 is 23.6 Å². The molecule has 1 nitrogen and oxygen atoms in total. The van der Waals surface area contributed by atoms with E-state index in [1.807, 2.05) is 23.7 Å². The van der Waals surface area contributed by atoms with Crippen LogP contribution in [0.2, 0.25) is 0 Å². The fourth-order valence-electron chi connectivity index (χ4n) is 0.550. The highest BCUT2D eigenvalue weighted by Crippen LogP contribution is 2.04. The second-order valence-corrected chi connectivity index (χ2v) is 2.99. The summed E-state index contributed by atoms with van der Waals surface area (Å²) in [5.41, 5.74) is 0. The van der Waals surface area contributed by atoms with Gasteiger partial charge in [0.15, 0.2) is 0 Å². The highest BCUT2D eigenvalue weighted by molar-refractivity contribution is 7.79. The quantitative estimate of drug-likeness (QED) is 0.499. The van der Waals surface area contributed by atoms with Crippen LogP contribution in [0.4, 0.5) is 0 Å². The van der Waals surface area contributed by atoms with E-state index in [4.69, 9.17) is 0 Å². The van der Waals surface area contributed by atoms with Crippen molar-refractivity contribution < 1.29 is 0 Å². The molecule has 3 heteroatoms. The van der Waals surface area contributed by atoms with E-state index in [1.165, 1.54) is 4.88 Å². The van der Waals surface area contributed by atoms with Gasteiger partial charge in [-0.1, -0.05) is 18.3 Å². The molecule has 0 saturated heterocycles. The molecule has 10 heavy (non-hydrogen) atoms. The number of thiophene rings is 1. The molecule has 1 rings (SSSR count). The van der Waals surface area contributed by atoms with Gasteiger partial charge in [0.05, 0.1) is 6.54 Å². The largest absolute Gasteiger partial charge is 0.287 e. The van der Waals surface area contributed by atoms with Crippen molar-refractivity contribution >= 4 is 35.1 Å². The highest BCUT2D eigenvalue weighted by Gasteiger charge is 1.83. The Morgan fingerprint density at radius 1 is 1.70 bits per heavy atom. The Bertz CT molecular complexity index is 214. The van der Waals surface area contributed by atoms with Crippen molar-refractivity contribution in [2.45, 2.75) is 0 Å². The molecule has 0 aliphatic heterocycles. The van der Waals surface area contributed by atoms with Crippen LogP contribution in [0.15, 0.2) is 22.5 Å². The standard InChI is InChI=1S/C7H7NS2/c9-4-3-8-6-7-2-1-5-10-7/h1-2,4-6H,3H2. The molecular formula is C7H7NS2. The van der Waals surface area contributed by atoms with Crippen LogP contribution in [-0.4, -0.2) is 18.1 Å². The summed E-state index contributed by atoms with van der Waals surface area (Å²) in [5.74, 6) is 0. The van der Waals surface area contributed by atoms with E-state index >= 15 is 0 Å². The van der Waals surface area contributed by atoms with Crippen molar-refractivity contribution in [2.24, 2.45) is 4.99 Å².